The lowest BCUT2D eigenvalue weighted by Gasteiger charge is -2.39. The highest BCUT2D eigenvalue weighted by molar-refractivity contribution is 7.87. The molecule has 1 rings (SSSR count). The van der Waals surface area contributed by atoms with Crippen molar-refractivity contribution in [3.63, 3.8) is 0 Å². The first kappa shape index (κ1) is 24.1. The molecule has 10 heteroatoms. The van der Waals surface area contributed by atoms with E-state index in [-0.39, 0.29) is 18.3 Å². The van der Waals surface area contributed by atoms with Crippen molar-refractivity contribution in [1.29, 1.82) is 0 Å². The van der Waals surface area contributed by atoms with Gasteiger partial charge in [0, 0.05) is 0 Å². The summed E-state index contributed by atoms with van der Waals surface area (Å²) in [4.78, 5) is 0. The molecule has 0 spiro atoms. The lowest BCUT2D eigenvalue weighted by Crippen LogP contribution is -2.46. The van der Waals surface area contributed by atoms with Crippen molar-refractivity contribution < 1.29 is 34.9 Å². The minimum absolute atomic E-state index is 0.0885. The Morgan fingerprint density at radius 2 is 1.59 bits per heavy atom. The summed E-state index contributed by atoms with van der Waals surface area (Å²) >= 11 is 0. The summed E-state index contributed by atoms with van der Waals surface area (Å²) < 4.78 is 75.6. The molecule has 1 aromatic carbocycles. The molecule has 0 aromatic heterocycles. The standard InChI is InChI=1S/C17H27F3O5SSi/c1-16(2,3)27(4,5)25-15(13-24-26(21,22)17(18,19)20)12-23-11-14-9-7-6-8-10-14/h6-10,15H,11-13H2,1-5H3/t15-/m1/s1. The summed E-state index contributed by atoms with van der Waals surface area (Å²) in [5.41, 5.74) is -4.59. The number of alkyl halides is 3. The van der Waals surface area contributed by atoms with Crippen LogP contribution in [0.4, 0.5) is 13.2 Å². The number of rotatable bonds is 9. The Morgan fingerprint density at radius 3 is 2.07 bits per heavy atom. The normalized spacial score (nSPS) is 15.0. The van der Waals surface area contributed by atoms with E-state index < -0.39 is 36.7 Å². The molecule has 0 fully saturated rings. The Bertz CT molecular complexity index is 685. The van der Waals surface area contributed by atoms with E-state index in [0.717, 1.165) is 5.56 Å². The third-order valence-corrected chi connectivity index (χ3v) is 9.92. The molecule has 5 nitrogen and oxygen atoms in total. The molecule has 27 heavy (non-hydrogen) atoms. The van der Waals surface area contributed by atoms with Gasteiger partial charge >= 0.3 is 15.6 Å². The van der Waals surface area contributed by atoms with E-state index in [1.807, 2.05) is 64.2 Å². The molecule has 0 unspecified atom stereocenters. The largest absolute Gasteiger partial charge is 0.523 e. The zero-order valence-electron chi connectivity index (χ0n) is 16.2. The topological polar surface area (TPSA) is 61.8 Å². The Labute approximate surface area is 160 Å². The van der Waals surface area contributed by atoms with Crippen LogP contribution >= 0.6 is 0 Å². The molecular formula is C17H27F3O5SSi. The molecule has 1 aromatic rings. The Balaban J connectivity index is 2.79. The number of ether oxygens (including phenoxy) is 1. The van der Waals surface area contributed by atoms with Gasteiger partial charge in [-0.05, 0) is 23.7 Å². The fourth-order valence-corrected chi connectivity index (χ4v) is 3.61. The minimum atomic E-state index is -5.68. The molecule has 0 aliphatic heterocycles. The fourth-order valence-electron chi connectivity index (χ4n) is 1.82. The van der Waals surface area contributed by atoms with Crippen LogP contribution in [0.15, 0.2) is 30.3 Å². The van der Waals surface area contributed by atoms with Crippen molar-refractivity contribution >= 4 is 18.4 Å². The second kappa shape index (κ2) is 9.04. The lowest BCUT2D eigenvalue weighted by atomic mass is 10.2. The maximum absolute atomic E-state index is 12.5. The third kappa shape index (κ3) is 7.53. The van der Waals surface area contributed by atoms with Crippen LogP contribution in [0.1, 0.15) is 26.3 Å². The van der Waals surface area contributed by atoms with E-state index in [1.54, 1.807) is 0 Å². The van der Waals surface area contributed by atoms with Crippen LogP contribution in [0.5, 0.6) is 0 Å². The van der Waals surface area contributed by atoms with Gasteiger partial charge in [-0.2, -0.15) is 21.6 Å². The Hall–Kier alpha value is -0.943. The van der Waals surface area contributed by atoms with Gasteiger partial charge in [-0.1, -0.05) is 51.1 Å². The maximum Gasteiger partial charge on any atom is 0.523 e. The van der Waals surface area contributed by atoms with Crippen LogP contribution in [-0.2, 0) is 30.1 Å². The summed E-state index contributed by atoms with van der Waals surface area (Å²) in [5.74, 6) is 0. The van der Waals surface area contributed by atoms with E-state index in [9.17, 15) is 21.6 Å². The van der Waals surface area contributed by atoms with Crippen LogP contribution in [0.25, 0.3) is 0 Å². The van der Waals surface area contributed by atoms with Crippen molar-refractivity contribution in [1.82, 2.24) is 0 Å². The quantitative estimate of drug-likeness (QED) is 0.330. The number of halogens is 3. The first-order valence-electron chi connectivity index (χ1n) is 8.41. The molecule has 0 saturated heterocycles. The van der Waals surface area contributed by atoms with Crippen molar-refractivity contribution in [2.24, 2.45) is 0 Å². The lowest BCUT2D eigenvalue weighted by molar-refractivity contribution is -0.0584. The first-order valence-corrected chi connectivity index (χ1v) is 12.7. The van der Waals surface area contributed by atoms with E-state index in [2.05, 4.69) is 4.18 Å². The zero-order chi connectivity index (χ0) is 20.9. The fraction of sp³-hybridized carbons (Fsp3) is 0.647. The zero-order valence-corrected chi connectivity index (χ0v) is 18.0. The predicted molar refractivity (Wildman–Crippen MR) is 99.1 cm³/mol. The molecule has 0 radical (unpaired) electrons. The minimum Gasteiger partial charge on any atom is -0.409 e. The van der Waals surface area contributed by atoms with Gasteiger partial charge in [-0.15, -0.1) is 0 Å². The molecule has 0 aliphatic carbocycles. The third-order valence-electron chi connectivity index (χ3n) is 4.38. The number of hydrogen-bond acceptors (Lipinski definition) is 5. The van der Waals surface area contributed by atoms with Gasteiger partial charge in [0.1, 0.15) is 0 Å². The second-order valence-electron chi connectivity index (χ2n) is 7.69. The van der Waals surface area contributed by atoms with Crippen LogP contribution in [0.2, 0.25) is 18.1 Å². The summed E-state index contributed by atoms with van der Waals surface area (Å²) in [6.07, 6.45) is -0.938. The second-order valence-corrected chi connectivity index (χ2v) is 14.0. The van der Waals surface area contributed by atoms with Crippen molar-refractivity contribution in [3.8, 4) is 0 Å². The van der Waals surface area contributed by atoms with Gasteiger partial charge in [0.15, 0.2) is 8.32 Å². The van der Waals surface area contributed by atoms with Crippen LogP contribution < -0.4 is 0 Å². The molecule has 156 valence electrons. The van der Waals surface area contributed by atoms with Gasteiger partial charge in [-0.25, -0.2) is 0 Å². The van der Waals surface area contributed by atoms with Gasteiger partial charge in [0.05, 0.1) is 25.9 Å². The number of benzene rings is 1. The van der Waals surface area contributed by atoms with Crippen LogP contribution in [0.3, 0.4) is 0 Å². The summed E-state index contributed by atoms with van der Waals surface area (Å²) in [7, 11) is -8.06. The summed E-state index contributed by atoms with van der Waals surface area (Å²) in [6.45, 7) is 9.10. The molecule has 0 amide bonds. The van der Waals surface area contributed by atoms with E-state index in [0.29, 0.717) is 0 Å². The predicted octanol–water partition coefficient (Wildman–Crippen LogP) is 4.46. The highest BCUT2D eigenvalue weighted by atomic mass is 32.2. The SMILES string of the molecule is CC(C)(C)[Si](C)(C)O[C@H](COCc1ccccc1)COS(=O)(=O)C(F)(F)F. The highest BCUT2D eigenvalue weighted by Gasteiger charge is 2.48. The van der Waals surface area contributed by atoms with E-state index in [1.165, 1.54) is 0 Å². The van der Waals surface area contributed by atoms with Crippen molar-refractivity contribution in [2.45, 2.75) is 57.1 Å². The smallest absolute Gasteiger partial charge is 0.409 e. The van der Waals surface area contributed by atoms with E-state index in [4.69, 9.17) is 9.16 Å². The average molecular weight is 429 g/mol. The molecular weight excluding hydrogens is 401 g/mol. The molecule has 0 aliphatic rings. The van der Waals surface area contributed by atoms with Crippen LogP contribution in [-0.4, -0.2) is 41.6 Å². The first-order chi connectivity index (χ1) is 12.2. The van der Waals surface area contributed by atoms with Gasteiger partial charge in [0.2, 0.25) is 0 Å². The molecule has 0 N–H and O–H groups in total. The molecule has 0 saturated carbocycles. The number of hydrogen-bond donors (Lipinski definition) is 0. The van der Waals surface area contributed by atoms with Crippen LogP contribution in [0, 0.1) is 0 Å². The molecule has 0 bridgehead atoms. The maximum atomic E-state index is 12.5. The van der Waals surface area contributed by atoms with Crippen molar-refractivity contribution in [3.05, 3.63) is 35.9 Å². The van der Waals surface area contributed by atoms with Gasteiger partial charge in [-0.3, -0.25) is 4.18 Å². The molecule has 1 atom stereocenters. The van der Waals surface area contributed by atoms with E-state index >= 15 is 0 Å². The van der Waals surface area contributed by atoms with Gasteiger partial charge < -0.3 is 9.16 Å². The monoisotopic (exact) mass is 428 g/mol. The summed E-state index contributed by atoms with van der Waals surface area (Å²) in [5, 5.41) is -0.215. The summed E-state index contributed by atoms with van der Waals surface area (Å²) in [6, 6.07) is 9.20. The Morgan fingerprint density at radius 1 is 1.04 bits per heavy atom. The Kier molecular flexibility index (Phi) is 8.07. The average Bonchev–Trinajstić information content (AvgIpc) is 2.51. The van der Waals surface area contributed by atoms with Crippen molar-refractivity contribution in [2.75, 3.05) is 13.2 Å². The van der Waals surface area contributed by atoms with Gasteiger partial charge in [0.25, 0.3) is 0 Å². The highest BCUT2D eigenvalue weighted by Crippen LogP contribution is 2.37. The molecule has 0 heterocycles.